The third-order valence-corrected chi connectivity index (χ3v) is 2.37. The van der Waals surface area contributed by atoms with Crippen molar-refractivity contribution in [2.24, 2.45) is 0 Å². The molecule has 1 aromatic rings. The minimum absolute atomic E-state index is 0.265. The van der Waals surface area contributed by atoms with Gasteiger partial charge in [-0.25, -0.2) is 0 Å². The van der Waals surface area contributed by atoms with Crippen molar-refractivity contribution in [3.05, 3.63) is 23.7 Å². The smallest absolute Gasteiger partial charge is 0.210 e. The van der Waals surface area contributed by atoms with Crippen molar-refractivity contribution in [3.8, 4) is 0 Å². The molecule has 64 valence electrons. The van der Waals surface area contributed by atoms with Gasteiger partial charge < -0.3 is 9.32 Å². The molecular weight excluding hydrogens is 154 g/mol. The second kappa shape index (κ2) is 2.66. The van der Waals surface area contributed by atoms with Gasteiger partial charge in [-0.2, -0.15) is 0 Å². The average molecular weight is 165 g/mol. The number of hydrogen-bond acceptors (Lipinski definition) is 2. The molecule has 1 unspecified atom stereocenters. The molecule has 0 N–H and O–H groups in total. The summed E-state index contributed by atoms with van der Waals surface area (Å²) in [4.78, 5) is 12.4. The van der Waals surface area contributed by atoms with E-state index in [1.807, 2.05) is 13.0 Å². The normalized spacial score (nSPS) is 22.1. The van der Waals surface area contributed by atoms with Crippen LogP contribution in [0.15, 0.2) is 16.7 Å². The number of fused-ring (bicyclic) bond motifs is 1. The zero-order valence-electron chi connectivity index (χ0n) is 6.99. The molecular formula is C9H11NO2. The summed E-state index contributed by atoms with van der Waals surface area (Å²) < 4.78 is 5.28. The van der Waals surface area contributed by atoms with Gasteiger partial charge in [-0.3, -0.25) is 4.79 Å². The Labute approximate surface area is 71.0 Å². The van der Waals surface area contributed by atoms with E-state index in [4.69, 9.17) is 4.42 Å². The minimum Gasteiger partial charge on any atom is -0.469 e. The van der Waals surface area contributed by atoms with Crippen LogP contribution in [-0.2, 0) is 17.8 Å². The monoisotopic (exact) mass is 165 g/mol. The Bertz CT molecular complexity index is 292. The second-order valence-electron chi connectivity index (χ2n) is 3.20. The Morgan fingerprint density at radius 1 is 1.75 bits per heavy atom. The van der Waals surface area contributed by atoms with Crippen LogP contribution in [0.25, 0.3) is 0 Å². The lowest BCUT2D eigenvalue weighted by atomic mass is 10.0. The molecule has 1 aliphatic rings. The fourth-order valence-electron chi connectivity index (χ4n) is 1.57. The van der Waals surface area contributed by atoms with Gasteiger partial charge in [0.15, 0.2) is 0 Å². The van der Waals surface area contributed by atoms with Gasteiger partial charge in [-0.05, 0) is 13.0 Å². The summed E-state index contributed by atoms with van der Waals surface area (Å²) in [6.07, 6.45) is 3.42. The maximum Gasteiger partial charge on any atom is 0.210 e. The van der Waals surface area contributed by atoms with Crippen molar-refractivity contribution in [3.63, 3.8) is 0 Å². The van der Waals surface area contributed by atoms with E-state index in [1.165, 1.54) is 0 Å². The van der Waals surface area contributed by atoms with E-state index >= 15 is 0 Å². The average Bonchev–Trinajstić information content (AvgIpc) is 2.49. The lowest BCUT2D eigenvalue weighted by Crippen LogP contribution is -2.36. The Morgan fingerprint density at radius 3 is 3.33 bits per heavy atom. The van der Waals surface area contributed by atoms with Crippen LogP contribution in [0.3, 0.4) is 0 Å². The SMILES string of the molecule is CC1Cc2occc2CN1C=O. The topological polar surface area (TPSA) is 33.5 Å². The summed E-state index contributed by atoms with van der Waals surface area (Å²) in [5, 5.41) is 0. The summed E-state index contributed by atoms with van der Waals surface area (Å²) in [6.45, 7) is 2.72. The molecule has 2 rings (SSSR count). The van der Waals surface area contributed by atoms with E-state index in [0.717, 1.165) is 24.2 Å². The Kier molecular flexibility index (Phi) is 1.64. The van der Waals surface area contributed by atoms with E-state index in [9.17, 15) is 4.79 Å². The van der Waals surface area contributed by atoms with Gasteiger partial charge in [-0.1, -0.05) is 0 Å². The Balaban J connectivity index is 2.28. The summed E-state index contributed by atoms with van der Waals surface area (Å²) in [7, 11) is 0. The number of carbonyl (C=O) groups excluding carboxylic acids is 1. The van der Waals surface area contributed by atoms with Gasteiger partial charge in [0, 0.05) is 24.6 Å². The molecule has 1 aromatic heterocycles. The van der Waals surface area contributed by atoms with Crippen molar-refractivity contribution < 1.29 is 9.21 Å². The van der Waals surface area contributed by atoms with Gasteiger partial charge in [-0.15, -0.1) is 0 Å². The first-order valence-corrected chi connectivity index (χ1v) is 4.07. The first-order chi connectivity index (χ1) is 5.81. The van der Waals surface area contributed by atoms with Crippen LogP contribution < -0.4 is 0 Å². The summed E-state index contributed by atoms with van der Waals surface area (Å²) >= 11 is 0. The molecule has 0 aliphatic carbocycles. The number of nitrogens with zero attached hydrogens (tertiary/aromatic N) is 1. The highest BCUT2D eigenvalue weighted by Gasteiger charge is 2.23. The molecule has 3 nitrogen and oxygen atoms in total. The van der Waals surface area contributed by atoms with Crippen molar-refractivity contribution in [2.45, 2.75) is 25.9 Å². The molecule has 0 radical (unpaired) electrons. The van der Waals surface area contributed by atoms with Crippen molar-refractivity contribution in [1.29, 1.82) is 0 Å². The van der Waals surface area contributed by atoms with Gasteiger partial charge in [0.2, 0.25) is 6.41 Å². The number of hydrogen-bond donors (Lipinski definition) is 0. The summed E-state index contributed by atoms with van der Waals surface area (Å²) in [5.74, 6) is 1.03. The number of carbonyl (C=O) groups is 1. The third-order valence-electron chi connectivity index (χ3n) is 2.37. The Morgan fingerprint density at radius 2 is 2.58 bits per heavy atom. The molecule has 0 bridgehead atoms. The van der Waals surface area contributed by atoms with E-state index in [1.54, 1.807) is 11.2 Å². The van der Waals surface area contributed by atoms with E-state index in [-0.39, 0.29) is 6.04 Å². The largest absolute Gasteiger partial charge is 0.469 e. The lowest BCUT2D eigenvalue weighted by molar-refractivity contribution is -0.120. The summed E-state index contributed by atoms with van der Waals surface area (Å²) in [6, 6.07) is 2.19. The molecule has 0 aromatic carbocycles. The zero-order chi connectivity index (χ0) is 8.55. The third kappa shape index (κ3) is 1.02. The van der Waals surface area contributed by atoms with Crippen LogP contribution in [0.2, 0.25) is 0 Å². The number of furan rings is 1. The van der Waals surface area contributed by atoms with Gasteiger partial charge in [0.25, 0.3) is 0 Å². The highest BCUT2D eigenvalue weighted by Crippen LogP contribution is 2.22. The zero-order valence-corrected chi connectivity index (χ0v) is 6.99. The lowest BCUT2D eigenvalue weighted by Gasteiger charge is -2.28. The first kappa shape index (κ1) is 7.40. The first-order valence-electron chi connectivity index (χ1n) is 4.07. The van der Waals surface area contributed by atoms with Crippen LogP contribution in [0.5, 0.6) is 0 Å². The molecule has 2 heterocycles. The van der Waals surface area contributed by atoms with Gasteiger partial charge in [0.05, 0.1) is 6.26 Å². The highest BCUT2D eigenvalue weighted by molar-refractivity contribution is 5.49. The minimum atomic E-state index is 0.265. The van der Waals surface area contributed by atoms with E-state index < -0.39 is 0 Å². The van der Waals surface area contributed by atoms with Gasteiger partial charge in [0.1, 0.15) is 5.76 Å². The maximum absolute atomic E-state index is 10.6. The molecule has 1 atom stereocenters. The molecule has 0 spiro atoms. The van der Waals surface area contributed by atoms with Crippen LogP contribution >= 0.6 is 0 Å². The standard InChI is InChI=1S/C9H11NO2/c1-7-4-9-8(2-3-12-9)5-10(7)6-11/h2-3,6-7H,4-5H2,1H3. The fraction of sp³-hybridized carbons (Fsp3) is 0.444. The maximum atomic E-state index is 10.6. The van der Waals surface area contributed by atoms with E-state index in [2.05, 4.69) is 0 Å². The predicted molar refractivity (Wildman–Crippen MR) is 43.5 cm³/mol. The Hall–Kier alpha value is -1.25. The van der Waals surface area contributed by atoms with E-state index in [0.29, 0.717) is 6.54 Å². The van der Waals surface area contributed by atoms with Crippen LogP contribution in [-0.4, -0.2) is 17.4 Å². The summed E-state index contributed by atoms with van der Waals surface area (Å²) in [5.41, 5.74) is 1.14. The van der Waals surface area contributed by atoms with Crippen molar-refractivity contribution in [1.82, 2.24) is 4.90 Å². The quantitative estimate of drug-likeness (QED) is 0.585. The predicted octanol–water partition coefficient (Wildman–Crippen LogP) is 1.18. The fourth-order valence-corrected chi connectivity index (χ4v) is 1.57. The molecule has 0 fully saturated rings. The van der Waals surface area contributed by atoms with Crippen LogP contribution in [0, 0.1) is 0 Å². The molecule has 12 heavy (non-hydrogen) atoms. The van der Waals surface area contributed by atoms with Crippen molar-refractivity contribution in [2.75, 3.05) is 0 Å². The highest BCUT2D eigenvalue weighted by atomic mass is 16.3. The number of rotatable bonds is 1. The molecule has 0 saturated carbocycles. The van der Waals surface area contributed by atoms with Gasteiger partial charge >= 0.3 is 0 Å². The van der Waals surface area contributed by atoms with Crippen LogP contribution in [0.4, 0.5) is 0 Å². The second-order valence-corrected chi connectivity index (χ2v) is 3.20. The number of amides is 1. The van der Waals surface area contributed by atoms with Crippen LogP contribution in [0.1, 0.15) is 18.2 Å². The molecule has 0 saturated heterocycles. The molecule has 1 amide bonds. The molecule has 3 heteroatoms. The van der Waals surface area contributed by atoms with Crippen molar-refractivity contribution >= 4 is 6.41 Å². The molecule has 1 aliphatic heterocycles.